The summed E-state index contributed by atoms with van der Waals surface area (Å²) in [5.74, 6) is -5.56. The lowest BCUT2D eigenvalue weighted by Gasteiger charge is -2.29. The number of carbonyl (C=O) groups excluding carboxylic acids is 4. The standard InChI is InChI=1S/C24H34N2O10/c1-12(2)9-10-18(29)36-21(13(3)23(32)33)15(5)35-24(34)19(14(4)28)26-22(31)16-7-6-8-17(20(16)30)25-11-27/h6-8,11-15,19,21,28,30H,9-10H2,1-5H3,(H,25,27)(H,26,31)(H,32,33)/t13-,14-,15-,19+,21-/m1/s1. The molecule has 0 unspecified atom stereocenters. The molecule has 0 radical (unpaired) electrons. The molecule has 0 aliphatic heterocycles. The van der Waals surface area contributed by atoms with Crippen LogP contribution in [0.1, 0.15) is 57.8 Å². The van der Waals surface area contributed by atoms with E-state index in [2.05, 4.69) is 10.6 Å². The molecule has 0 aromatic heterocycles. The summed E-state index contributed by atoms with van der Waals surface area (Å²) in [6.45, 7) is 7.66. The number of carboxylic acids is 1. The van der Waals surface area contributed by atoms with Gasteiger partial charge in [0.05, 0.1) is 23.3 Å². The SMILES string of the molecule is CC(C)CCC(=O)O[C@@H]([C@@H](C)OC(=O)[C@@H](NC(=O)c1cccc(NC=O)c1O)[C@@H](C)O)[C@@H](C)C(=O)O. The number of esters is 2. The van der Waals surface area contributed by atoms with Gasteiger partial charge in [-0.25, -0.2) is 4.79 Å². The average Bonchev–Trinajstić information content (AvgIpc) is 2.79. The first kappa shape index (κ1) is 30.4. The zero-order chi connectivity index (χ0) is 27.6. The maximum atomic E-state index is 12.8. The molecule has 2 amide bonds. The van der Waals surface area contributed by atoms with E-state index in [1.54, 1.807) is 0 Å². The minimum absolute atomic E-state index is 0.0489. The second-order valence-electron chi connectivity index (χ2n) is 8.81. The van der Waals surface area contributed by atoms with Crippen molar-refractivity contribution in [1.29, 1.82) is 0 Å². The van der Waals surface area contributed by atoms with E-state index in [1.165, 1.54) is 39.0 Å². The molecule has 12 nitrogen and oxygen atoms in total. The third kappa shape index (κ3) is 8.84. The highest BCUT2D eigenvalue weighted by Crippen LogP contribution is 2.27. The number of carbonyl (C=O) groups is 5. The van der Waals surface area contributed by atoms with Crippen LogP contribution in [0.25, 0.3) is 0 Å². The maximum Gasteiger partial charge on any atom is 0.331 e. The van der Waals surface area contributed by atoms with E-state index in [4.69, 9.17) is 9.47 Å². The maximum absolute atomic E-state index is 12.8. The number of ether oxygens (including phenoxy) is 2. The van der Waals surface area contributed by atoms with Gasteiger partial charge in [-0.2, -0.15) is 0 Å². The third-order valence-corrected chi connectivity index (χ3v) is 5.36. The summed E-state index contributed by atoms with van der Waals surface area (Å²) in [5.41, 5.74) is -0.336. The Bertz CT molecular complexity index is 947. The monoisotopic (exact) mass is 510 g/mol. The van der Waals surface area contributed by atoms with Gasteiger partial charge in [0.15, 0.2) is 17.9 Å². The second kappa shape index (κ2) is 14.0. The summed E-state index contributed by atoms with van der Waals surface area (Å²) >= 11 is 0. The van der Waals surface area contributed by atoms with E-state index < -0.39 is 59.8 Å². The summed E-state index contributed by atoms with van der Waals surface area (Å²) in [5, 5.41) is 34.2. The average molecular weight is 511 g/mol. The number of nitrogens with one attached hydrogen (secondary N) is 2. The molecule has 0 spiro atoms. The number of anilines is 1. The molecular weight excluding hydrogens is 476 g/mol. The molecule has 5 N–H and O–H groups in total. The number of phenolic OH excluding ortho intramolecular Hbond substituents is 1. The Morgan fingerprint density at radius 2 is 1.69 bits per heavy atom. The molecule has 0 heterocycles. The van der Waals surface area contributed by atoms with Crippen LogP contribution in [0, 0.1) is 11.8 Å². The topological polar surface area (TPSA) is 189 Å². The van der Waals surface area contributed by atoms with Gasteiger partial charge < -0.3 is 35.4 Å². The van der Waals surface area contributed by atoms with E-state index >= 15 is 0 Å². The van der Waals surface area contributed by atoms with Crippen LogP contribution in [0.5, 0.6) is 5.75 Å². The molecule has 0 aliphatic rings. The van der Waals surface area contributed by atoms with Crippen LogP contribution in [-0.4, -0.2) is 69.9 Å². The molecular formula is C24H34N2O10. The molecule has 0 aliphatic carbocycles. The molecule has 200 valence electrons. The number of carboxylic acid groups (broad SMARTS) is 1. The predicted molar refractivity (Wildman–Crippen MR) is 127 cm³/mol. The smallest absolute Gasteiger partial charge is 0.331 e. The minimum atomic E-state index is -1.61. The van der Waals surface area contributed by atoms with E-state index in [0.29, 0.717) is 12.8 Å². The molecule has 1 aromatic carbocycles. The fourth-order valence-corrected chi connectivity index (χ4v) is 3.19. The van der Waals surface area contributed by atoms with Crippen LogP contribution in [0.15, 0.2) is 18.2 Å². The van der Waals surface area contributed by atoms with Crippen LogP contribution < -0.4 is 10.6 Å². The van der Waals surface area contributed by atoms with Crippen LogP contribution >= 0.6 is 0 Å². The van der Waals surface area contributed by atoms with Crippen molar-refractivity contribution >= 4 is 35.9 Å². The lowest BCUT2D eigenvalue weighted by Crippen LogP contribution is -2.51. The first-order chi connectivity index (χ1) is 16.8. The van der Waals surface area contributed by atoms with Crippen molar-refractivity contribution in [3.8, 4) is 5.75 Å². The number of benzene rings is 1. The number of hydrogen-bond acceptors (Lipinski definition) is 9. The molecule has 5 atom stereocenters. The summed E-state index contributed by atoms with van der Waals surface area (Å²) in [4.78, 5) is 59.9. The van der Waals surface area contributed by atoms with Crippen molar-refractivity contribution < 1.29 is 48.8 Å². The zero-order valence-electron chi connectivity index (χ0n) is 20.9. The molecule has 12 heteroatoms. The van der Waals surface area contributed by atoms with Crippen LogP contribution in [-0.2, 0) is 28.7 Å². The fourth-order valence-electron chi connectivity index (χ4n) is 3.19. The highest BCUT2D eigenvalue weighted by atomic mass is 16.6. The van der Waals surface area contributed by atoms with Crippen LogP contribution in [0.2, 0.25) is 0 Å². The quantitative estimate of drug-likeness (QED) is 0.139. The van der Waals surface area contributed by atoms with Crippen molar-refractivity contribution in [2.24, 2.45) is 11.8 Å². The van der Waals surface area contributed by atoms with Gasteiger partial charge in [-0.3, -0.25) is 19.2 Å². The predicted octanol–water partition coefficient (Wildman–Crippen LogP) is 1.44. The number of aliphatic carboxylic acids is 1. The molecule has 36 heavy (non-hydrogen) atoms. The molecule has 0 bridgehead atoms. The first-order valence-corrected chi connectivity index (χ1v) is 11.4. The Kier molecular flexibility index (Phi) is 11.8. The van der Waals surface area contributed by atoms with Crippen molar-refractivity contribution in [1.82, 2.24) is 5.32 Å². The lowest BCUT2D eigenvalue weighted by atomic mass is 10.00. The number of para-hydroxylation sites is 1. The minimum Gasteiger partial charge on any atom is -0.505 e. The third-order valence-electron chi connectivity index (χ3n) is 5.36. The van der Waals surface area contributed by atoms with Crippen LogP contribution in [0.4, 0.5) is 5.69 Å². The van der Waals surface area contributed by atoms with Gasteiger partial charge in [-0.15, -0.1) is 0 Å². The Morgan fingerprint density at radius 1 is 1.06 bits per heavy atom. The van der Waals surface area contributed by atoms with Gasteiger partial charge in [0, 0.05) is 6.42 Å². The largest absolute Gasteiger partial charge is 0.505 e. The number of phenols is 1. The first-order valence-electron chi connectivity index (χ1n) is 11.4. The number of hydrogen-bond donors (Lipinski definition) is 5. The molecule has 1 aromatic rings. The second-order valence-corrected chi connectivity index (χ2v) is 8.81. The summed E-state index contributed by atoms with van der Waals surface area (Å²) < 4.78 is 10.6. The van der Waals surface area contributed by atoms with E-state index in [-0.39, 0.29) is 23.6 Å². The van der Waals surface area contributed by atoms with Gasteiger partial charge >= 0.3 is 17.9 Å². The van der Waals surface area contributed by atoms with Crippen molar-refractivity contribution in [2.45, 2.75) is 71.8 Å². The van der Waals surface area contributed by atoms with E-state index in [0.717, 1.165) is 0 Å². The van der Waals surface area contributed by atoms with Gasteiger partial charge in [-0.1, -0.05) is 19.9 Å². The van der Waals surface area contributed by atoms with Crippen molar-refractivity contribution in [2.75, 3.05) is 5.32 Å². The number of amides is 2. The lowest BCUT2D eigenvalue weighted by molar-refractivity contribution is -0.177. The Balaban J connectivity index is 3.03. The number of aliphatic hydroxyl groups excluding tert-OH is 1. The van der Waals surface area contributed by atoms with Gasteiger partial charge in [0.1, 0.15) is 6.10 Å². The molecule has 1 rings (SSSR count). The summed E-state index contributed by atoms with van der Waals surface area (Å²) in [6, 6.07) is 2.34. The molecule has 0 saturated heterocycles. The van der Waals surface area contributed by atoms with Crippen molar-refractivity contribution in [3.63, 3.8) is 0 Å². The van der Waals surface area contributed by atoms with Crippen molar-refractivity contribution in [3.05, 3.63) is 23.8 Å². The summed E-state index contributed by atoms with van der Waals surface area (Å²) in [7, 11) is 0. The van der Waals surface area contributed by atoms with Gasteiger partial charge in [0.25, 0.3) is 5.91 Å². The zero-order valence-corrected chi connectivity index (χ0v) is 20.9. The number of aliphatic hydroxyl groups is 1. The fraction of sp³-hybridized carbons (Fsp3) is 0.542. The number of aromatic hydroxyl groups is 1. The van der Waals surface area contributed by atoms with E-state index in [1.807, 2.05) is 13.8 Å². The Labute approximate surface area is 209 Å². The Morgan fingerprint density at radius 3 is 2.22 bits per heavy atom. The molecule has 0 saturated carbocycles. The number of rotatable bonds is 14. The highest BCUT2D eigenvalue weighted by molar-refractivity contribution is 6.01. The van der Waals surface area contributed by atoms with Gasteiger partial charge in [-0.05, 0) is 45.2 Å². The van der Waals surface area contributed by atoms with E-state index in [9.17, 15) is 39.3 Å². The normalized spacial score (nSPS) is 15.1. The molecule has 0 fully saturated rings. The summed E-state index contributed by atoms with van der Waals surface area (Å²) in [6.07, 6.45) is -3.14. The van der Waals surface area contributed by atoms with Gasteiger partial charge in [0.2, 0.25) is 6.41 Å². The highest BCUT2D eigenvalue weighted by Gasteiger charge is 2.37. The Hall–Kier alpha value is -3.67. The van der Waals surface area contributed by atoms with Crippen LogP contribution in [0.3, 0.4) is 0 Å².